The fraction of sp³-hybridized carbons (Fsp3) is 0.280. The fourth-order valence-electron chi connectivity index (χ4n) is 3.55. The Kier molecular flexibility index (Phi) is 7.00. The summed E-state index contributed by atoms with van der Waals surface area (Å²) in [6.07, 6.45) is 1.18. The molecule has 1 amide bonds. The molecule has 0 aliphatic carbocycles. The van der Waals surface area contributed by atoms with Crippen LogP contribution in [0.3, 0.4) is 0 Å². The van der Waals surface area contributed by atoms with Crippen molar-refractivity contribution in [1.29, 1.82) is 0 Å². The van der Waals surface area contributed by atoms with Crippen molar-refractivity contribution < 1.29 is 9.32 Å². The number of anilines is 1. The number of amides is 1. The number of carbonyl (C=O) groups excluding carboxylic acids is 1. The standard InChI is InChI=1S/C25H26N6O4/c1-4-17-7-6-8-18(15-17)26-20(32)13-14-21-27-23(29-35-21)22-24(33)30(5-2)25(34)31(28-22)19-11-9-16(3)10-12-19/h6-12,15H,4-5,13-14H2,1-3H3,(H,26,32). The second-order valence-electron chi connectivity index (χ2n) is 8.04. The van der Waals surface area contributed by atoms with Gasteiger partial charge in [0.25, 0.3) is 5.56 Å². The largest absolute Gasteiger partial charge is 0.352 e. The van der Waals surface area contributed by atoms with Gasteiger partial charge in [0.05, 0.1) is 5.69 Å². The third-order valence-electron chi connectivity index (χ3n) is 5.52. The van der Waals surface area contributed by atoms with Gasteiger partial charge in [-0.05, 0) is 50.1 Å². The number of rotatable bonds is 8. The van der Waals surface area contributed by atoms with Crippen LogP contribution in [0.2, 0.25) is 0 Å². The molecule has 4 rings (SSSR count). The molecule has 1 N–H and O–H groups in total. The number of nitrogens with zero attached hydrogens (tertiary/aromatic N) is 5. The van der Waals surface area contributed by atoms with Crippen LogP contribution in [0.5, 0.6) is 0 Å². The topological polar surface area (TPSA) is 125 Å². The molecule has 10 heteroatoms. The number of hydrogen-bond donors (Lipinski definition) is 1. The number of benzene rings is 2. The van der Waals surface area contributed by atoms with Gasteiger partial charge < -0.3 is 9.84 Å². The molecule has 0 radical (unpaired) electrons. The lowest BCUT2D eigenvalue weighted by atomic mass is 10.1. The number of nitrogens with one attached hydrogen (secondary N) is 1. The summed E-state index contributed by atoms with van der Waals surface area (Å²) in [6.45, 7) is 5.83. The maximum Gasteiger partial charge on any atom is 0.352 e. The summed E-state index contributed by atoms with van der Waals surface area (Å²) < 4.78 is 7.47. The lowest BCUT2D eigenvalue weighted by molar-refractivity contribution is -0.116. The van der Waals surface area contributed by atoms with Gasteiger partial charge in [-0.2, -0.15) is 14.8 Å². The Morgan fingerprint density at radius 2 is 1.86 bits per heavy atom. The Morgan fingerprint density at radius 3 is 2.57 bits per heavy atom. The maximum absolute atomic E-state index is 12.9. The highest BCUT2D eigenvalue weighted by molar-refractivity contribution is 5.90. The molecule has 0 bridgehead atoms. The molecule has 0 fully saturated rings. The molecule has 35 heavy (non-hydrogen) atoms. The van der Waals surface area contributed by atoms with Gasteiger partial charge >= 0.3 is 5.69 Å². The molecule has 0 aliphatic rings. The molecule has 0 aliphatic heterocycles. The van der Waals surface area contributed by atoms with Crippen LogP contribution in [0.15, 0.2) is 62.6 Å². The Labute approximate surface area is 201 Å². The van der Waals surface area contributed by atoms with Gasteiger partial charge in [0.1, 0.15) is 0 Å². The van der Waals surface area contributed by atoms with Crippen molar-refractivity contribution in [3.05, 3.63) is 86.4 Å². The molecule has 10 nitrogen and oxygen atoms in total. The molecule has 0 atom stereocenters. The van der Waals surface area contributed by atoms with Gasteiger partial charge in [0.2, 0.25) is 17.6 Å². The molecule has 0 saturated carbocycles. The zero-order valence-corrected chi connectivity index (χ0v) is 19.8. The van der Waals surface area contributed by atoms with E-state index in [9.17, 15) is 14.4 Å². The second kappa shape index (κ2) is 10.3. The Morgan fingerprint density at radius 1 is 1.09 bits per heavy atom. The predicted molar refractivity (Wildman–Crippen MR) is 131 cm³/mol. The molecular weight excluding hydrogens is 448 g/mol. The molecule has 4 aromatic rings. The molecule has 0 saturated heterocycles. The minimum atomic E-state index is -0.609. The number of carbonyl (C=O) groups is 1. The third kappa shape index (κ3) is 5.26. The first kappa shape index (κ1) is 23.8. The van der Waals surface area contributed by atoms with Crippen molar-refractivity contribution in [3.63, 3.8) is 0 Å². The first-order valence-electron chi connectivity index (χ1n) is 11.4. The van der Waals surface area contributed by atoms with Crippen LogP contribution in [0.1, 0.15) is 37.3 Å². The summed E-state index contributed by atoms with van der Waals surface area (Å²) in [5, 5.41) is 11.0. The van der Waals surface area contributed by atoms with Crippen LogP contribution in [0.25, 0.3) is 17.2 Å². The molecular formula is C25H26N6O4. The van der Waals surface area contributed by atoms with Gasteiger partial charge in [0.15, 0.2) is 5.69 Å². The van der Waals surface area contributed by atoms with Crippen molar-refractivity contribution in [2.24, 2.45) is 0 Å². The van der Waals surface area contributed by atoms with Crippen LogP contribution in [0.4, 0.5) is 5.69 Å². The van der Waals surface area contributed by atoms with E-state index in [4.69, 9.17) is 4.52 Å². The zero-order chi connectivity index (χ0) is 24.9. The Bertz CT molecular complexity index is 1470. The zero-order valence-electron chi connectivity index (χ0n) is 19.8. The summed E-state index contributed by atoms with van der Waals surface area (Å²) in [5.41, 5.74) is 2.11. The fourth-order valence-corrected chi connectivity index (χ4v) is 3.55. The highest BCUT2D eigenvalue weighted by Crippen LogP contribution is 2.14. The first-order chi connectivity index (χ1) is 16.9. The van der Waals surface area contributed by atoms with E-state index < -0.39 is 11.2 Å². The monoisotopic (exact) mass is 474 g/mol. The Balaban J connectivity index is 1.55. The van der Waals surface area contributed by atoms with Crippen LogP contribution >= 0.6 is 0 Å². The predicted octanol–water partition coefficient (Wildman–Crippen LogP) is 2.91. The molecule has 180 valence electrons. The van der Waals surface area contributed by atoms with Crippen molar-refractivity contribution >= 4 is 11.6 Å². The van der Waals surface area contributed by atoms with Gasteiger partial charge in [-0.3, -0.25) is 14.2 Å². The summed E-state index contributed by atoms with van der Waals surface area (Å²) in [5.74, 6) is -0.0451. The summed E-state index contributed by atoms with van der Waals surface area (Å²) in [6, 6.07) is 14.8. The molecule has 2 aromatic heterocycles. The maximum atomic E-state index is 12.9. The number of hydrogen-bond acceptors (Lipinski definition) is 7. The average molecular weight is 475 g/mol. The second-order valence-corrected chi connectivity index (χ2v) is 8.04. The number of aromatic nitrogens is 5. The lowest BCUT2D eigenvalue weighted by Crippen LogP contribution is -2.41. The SMILES string of the molecule is CCc1cccc(NC(=O)CCc2nc(-c3nn(-c4ccc(C)cc4)c(=O)n(CC)c3=O)no2)c1. The summed E-state index contributed by atoms with van der Waals surface area (Å²) in [4.78, 5) is 42.3. The minimum Gasteiger partial charge on any atom is -0.339 e. The van der Waals surface area contributed by atoms with E-state index in [1.54, 1.807) is 19.1 Å². The lowest BCUT2D eigenvalue weighted by Gasteiger charge is -2.09. The van der Waals surface area contributed by atoms with Crippen molar-refractivity contribution in [1.82, 2.24) is 24.5 Å². The van der Waals surface area contributed by atoms with E-state index in [2.05, 4.69) is 20.6 Å². The molecule has 2 heterocycles. The van der Waals surface area contributed by atoms with E-state index >= 15 is 0 Å². The van der Waals surface area contributed by atoms with Crippen LogP contribution < -0.4 is 16.6 Å². The smallest absolute Gasteiger partial charge is 0.339 e. The van der Waals surface area contributed by atoms with Crippen molar-refractivity contribution in [2.75, 3.05) is 5.32 Å². The van der Waals surface area contributed by atoms with Gasteiger partial charge in [0, 0.05) is 25.1 Å². The average Bonchev–Trinajstić information content (AvgIpc) is 3.33. The van der Waals surface area contributed by atoms with E-state index in [0.717, 1.165) is 32.5 Å². The van der Waals surface area contributed by atoms with Crippen LogP contribution in [0, 0.1) is 6.92 Å². The summed E-state index contributed by atoms with van der Waals surface area (Å²) in [7, 11) is 0. The van der Waals surface area contributed by atoms with Crippen molar-refractivity contribution in [3.8, 4) is 17.2 Å². The first-order valence-corrected chi connectivity index (χ1v) is 11.4. The highest BCUT2D eigenvalue weighted by atomic mass is 16.5. The van der Waals surface area contributed by atoms with Crippen LogP contribution in [-0.4, -0.2) is 30.4 Å². The summed E-state index contributed by atoms with van der Waals surface area (Å²) >= 11 is 0. The Hall–Kier alpha value is -4.34. The molecule has 2 aromatic carbocycles. The minimum absolute atomic E-state index is 0.0379. The van der Waals surface area contributed by atoms with Crippen molar-refractivity contribution in [2.45, 2.75) is 46.6 Å². The van der Waals surface area contributed by atoms with E-state index in [1.807, 2.05) is 50.2 Å². The van der Waals surface area contributed by atoms with Gasteiger partial charge in [-0.1, -0.05) is 41.9 Å². The van der Waals surface area contributed by atoms with Gasteiger partial charge in [-0.25, -0.2) is 4.79 Å². The van der Waals surface area contributed by atoms with E-state index in [0.29, 0.717) is 5.69 Å². The van der Waals surface area contributed by atoms with Crippen LogP contribution in [-0.2, 0) is 24.2 Å². The third-order valence-corrected chi connectivity index (χ3v) is 5.52. The normalized spacial score (nSPS) is 10.9. The van der Waals surface area contributed by atoms with E-state index in [-0.39, 0.29) is 42.7 Å². The van der Waals surface area contributed by atoms with E-state index in [1.165, 1.54) is 0 Å². The molecule has 0 unspecified atom stereocenters. The quantitative estimate of drug-likeness (QED) is 0.416. The number of aryl methyl sites for hydroxylation is 3. The highest BCUT2D eigenvalue weighted by Gasteiger charge is 2.20. The van der Waals surface area contributed by atoms with Gasteiger partial charge in [-0.15, -0.1) is 0 Å². The molecule has 0 spiro atoms.